The molecule has 2 unspecified atom stereocenters. The van der Waals surface area contributed by atoms with Crippen molar-refractivity contribution in [3.8, 4) is 11.1 Å². The largest absolute Gasteiger partial charge is 0.372 e. The zero-order valence-electron chi connectivity index (χ0n) is 16.4. The molecule has 0 aliphatic carbocycles. The molecule has 2 aromatic carbocycles. The van der Waals surface area contributed by atoms with Crippen LogP contribution in [-0.4, -0.2) is 30.5 Å². The third kappa shape index (κ3) is 3.33. The maximum atomic E-state index is 6.64. The lowest BCUT2D eigenvalue weighted by Crippen LogP contribution is -2.67. The zero-order chi connectivity index (χ0) is 18.7. The Kier molecular flexibility index (Phi) is 5.36. The highest BCUT2D eigenvalue weighted by Gasteiger charge is 2.57. The highest BCUT2D eigenvalue weighted by molar-refractivity contribution is 5.67. The molecule has 0 N–H and O–H groups in total. The van der Waals surface area contributed by atoms with Gasteiger partial charge in [-0.15, -0.1) is 0 Å². The molecular weight excluding hydrogens is 336 g/mol. The molecule has 0 radical (unpaired) electrons. The predicted octanol–water partition coefficient (Wildman–Crippen LogP) is 5.38. The van der Waals surface area contributed by atoms with Crippen molar-refractivity contribution >= 4 is 0 Å². The van der Waals surface area contributed by atoms with Gasteiger partial charge in [0.25, 0.3) is 0 Å². The molecule has 144 valence electrons. The van der Waals surface area contributed by atoms with Crippen LogP contribution in [-0.2, 0) is 20.8 Å². The monoisotopic (exact) mass is 366 g/mol. The Bertz CT molecular complexity index is 714. The summed E-state index contributed by atoms with van der Waals surface area (Å²) in [6.07, 6.45) is 4.01. The second kappa shape index (κ2) is 7.75. The first-order valence-corrected chi connectivity index (χ1v) is 10.3. The van der Waals surface area contributed by atoms with E-state index in [0.29, 0.717) is 6.61 Å². The fourth-order valence-corrected chi connectivity index (χ4v) is 4.57. The Morgan fingerprint density at radius 1 is 0.852 bits per heavy atom. The van der Waals surface area contributed by atoms with Gasteiger partial charge in [0.05, 0.1) is 31.0 Å². The first kappa shape index (κ1) is 18.7. The van der Waals surface area contributed by atoms with Crippen molar-refractivity contribution < 1.29 is 14.2 Å². The summed E-state index contributed by atoms with van der Waals surface area (Å²) in [5.41, 5.74) is 3.28. The van der Waals surface area contributed by atoms with Gasteiger partial charge in [-0.25, -0.2) is 0 Å². The second-order valence-electron chi connectivity index (χ2n) is 7.75. The number of rotatable bonds is 8. The summed E-state index contributed by atoms with van der Waals surface area (Å²) >= 11 is 0. The van der Waals surface area contributed by atoms with E-state index in [-0.39, 0.29) is 17.3 Å². The molecule has 3 heteroatoms. The summed E-state index contributed by atoms with van der Waals surface area (Å²) in [6, 6.07) is 19.0. The summed E-state index contributed by atoms with van der Waals surface area (Å²) in [4.78, 5) is 0. The van der Waals surface area contributed by atoms with Crippen molar-refractivity contribution in [1.29, 1.82) is 0 Å². The number of hydrogen-bond acceptors (Lipinski definition) is 3. The molecule has 0 amide bonds. The highest BCUT2D eigenvalue weighted by atomic mass is 16.6. The smallest absolute Gasteiger partial charge is 0.116 e. The summed E-state index contributed by atoms with van der Waals surface area (Å²) in [6.45, 7) is 6.64. The van der Waals surface area contributed by atoms with Crippen LogP contribution < -0.4 is 0 Å². The minimum Gasteiger partial charge on any atom is -0.372 e. The molecule has 2 atom stereocenters. The van der Waals surface area contributed by atoms with E-state index in [0.717, 1.165) is 38.9 Å². The van der Waals surface area contributed by atoms with E-state index in [9.17, 15) is 0 Å². The molecule has 2 aromatic rings. The summed E-state index contributed by atoms with van der Waals surface area (Å²) in [5.74, 6) is 0. The molecule has 0 aromatic heterocycles. The van der Waals surface area contributed by atoms with E-state index in [1.165, 1.54) is 16.7 Å². The van der Waals surface area contributed by atoms with E-state index < -0.39 is 0 Å². The van der Waals surface area contributed by atoms with Gasteiger partial charge in [0.15, 0.2) is 0 Å². The van der Waals surface area contributed by atoms with Crippen LogP contribution in [0, 0.1) is 0 Å². The van der Waals surface area contributed by atoms with Gasteiger partial charge in [-0.1, -0.05) is 68.4 Å². The lowest BCUT2D eigenvalue weighted by molar-refractivity contribution is -0.308. The van der Waals surface area contributed by atoms with Gasteiger partial charge in [-0.2, -0.15) is 0 Å². The third-order valence-electron chi connectivity index (χ3n) is 6.49. The van der Waals surface area contributed by atoms with Gasteiger partial charge in [-0.05, 0) is 29.5 Å². The van der Waals surface area contributed by atoms with Crippen LogP contribution in [0.4, 0.5) is 0 Å². The van der Waals surface area contributed by atoms with Gasteiger partial charge in [-0.3, -0.25) is 0 Å². The topological polar surface area (TPSA) is 27.7 Å². The number of ether oxygens (including phenoxy) is 3. The van der Waals surface area contributed by atoms with Crippen molar-refractivity contribution in [2.24, 2.45) is 0 Å². The highest BCUT2D eigenvalue weighted by Crippen LogP contribution is 2.47. The van der Waals surface area contributed by atoms with E-state index in [4.69, 9.17) is 14.2 Å². The summed E-state index contributed by atoms with van der Waals surface area (Å²) < 4.78 is 18.9. The van der Waals surface area contributed by atoms with E-state index in [1.54, 1.807) is 0 Å². The summed E-state index contributed by atoms with van der Waals surface area (Å²) in [7, 11) is 0. The SMILES string of the molecule is CCC1(C(OCc2ccccc2-c2ccccc2)C2(CC)CCO2)CCO1. The van der Waals surface area contributed by atoms with E-state index in [2.05, 4.69) is 68.4 Å². The molecule has 2 saturated heterocycles. The second-order valence-corrected chi connectivity index (χ2v) is 7.75. The maximum absolute atomic E-state index is 6.64. The molecule has 0 bridgehead atoms. The average molecular weight is 367 g/mol. The van der Waals surface area contributed by atoms with Crippen molar-refractivity contribution in [2.45, 2.75) is 63.4 Å². The molecule has 0 saturated carbocycles. The quantitative estimate of drug-likeness (QED) is 0.628. The molecule has 3 nitrogen and oxygen atoms in total. The Labute approximate surface area is 162 Å². The Morgan fingerprint density at radius 3 is 1.93 bits per heavy atom. The molecule has 0 spiro atoms. The minimum atomic E-state index is -0.196. The van der Waals surface area contributed by atoms with Crippen molar-refractivity contribution in [3.05, 3.63) is 60.2 Å². The first-order valence-electron chi connectivity index (χ1n) is 10.3. The molecule has 2 fully saturated rings. The fourth-order valence-electron chi connectivity index (χ4n) is 4.57. The van der Waals surface area contributed by atoms with Crippen LogP contribution >= 0.6 is 0 Å². The fraction of sp³-hybridized carbons (Fsp3) is 0.500. The lowest BCUT2D eigenvalue weighted by Gasteiger charge is -2.57. The van der Waals surface area contributed by atoms with Gasteiger partial charge < -0.3 is 14.2 Å². The Balaban J connectivity index is 1.59. The first-order chi connectivity index (χ1) is 13.2. The molecule has 4 rings (SSSR count). The predicted molar refractivity (Wildman–Crippen MR) is 108 cm³/mol. The number of benzene rings is 2. The molecular formula is C24H30O3. The Morgan fingerprint density at radius 2 is 1.41 bits per heavy atom. The minimum absolute atomic E-state index is 0.0219. The van der Waals surface area contributed by atoms with Crippen LogP contribution in [0.2, 0.25) is 0 Å². The van der Waals surface area contributed by atoms with Crippen molar-refractivity contribution in [2.75, 3.05) is 13.2 Å². The summed E-state index contributed by atoms with van der Waals surface area (Å²) in [5, 5.41) is 0. The van der Waals surface area contributed by atoms with Crippen LogP contribution in [0.3, 0.4) is 0 Å². The average Bonchev–Trinajstić information content (AvgIpc) is 2.65. The van der Waals surface area contributed by atoms with Gasteiger partial charge in [0.2, 0.25) is 0 Å². The molecule has 2 heterocycles. The van der Waals surface area contributed by atoms with E-state index in [1.807, 2.05) is 0 Å². The van der Waals surface area contributed by atoms with E-state index >= 15 is 0 Å². The molecule has 2 aliphatic rings. The van der Waals surface area contributed by atoms with Crippen LogP contribution in [0.1, 0.15) is 45.1 Å². The number of hydrogen-bond donors (Lipinski definition) is 0. The standard InChI is InChI=1S/C24H30O3/c1-3-23(14-16-26-23)22(24(4-2)15-17-27-24)25-18-20-12-8-9-13-21(20)19-10-6-5-7-11-19/h5-13,22H,3-4,14-18H2,1-2H3. The molecule has 27 heavy (non-hydrogen) atoms. The van der Waals surface area contributed by atoms with Gasteiger partial charge in [0, 0.05) is 12.8 Å². The zero-order valence-corrected chi connectivity index (χ0v) is 16.4. The lowest BCUT2D eigenvalue weighted by atomic mass is 9.72. The normalized spacial score (nSPS) is 28.2. The van der Waals surface area contributed by atoms with Crippen LogP contribution in [0.25, 0.3) is 11.1 Å². The van der Waals surface area contributed by atoms with Gasteiger partial charge >= 0.3 is 0 Å². The Hall–Kier alpha value is -1.68. The van der Waals surface area contributed by atoms with Gasteiger partial charge in [0.1, 0.15) is 6.10 Å². The van der Waals surface area contributed by atoms with Crippen molar-refractivity contribution in [1.82, 2.24) is 0 Å². The van der Waals surface area contributed by atoms with Crippen molar-refractivity contribution in [3.63, 3.8) is 0 Å². The van der Waals surface area contributed by atoms with Crippen LogP contribution in [0.15, 0.2) is 54.6 Å². The third-order valence-corrected chi connectivity index (χ3v) is 6.49. The van der Waals surface area contributed by atoms with Crippen LogP contribution in [0.5, 0.6) is 0 Å². The maximum Gasteiger partial charge on any atom is 0.116 e. The molecule has 2 aliphatic heterocycles.